The number of aromatic amines is 1. The summed E-state index contributed by atoms with van der Waals surface area (Å²) >= 11 is 0. The monoisotopic (exact) mass is 333 g/mol. The molecule has 1 aliphatic heterocycles. The Labute approximate surface area is 143 Å². The van der Waals surface area contributed by atoms with Gasteiger partial charge in [0.2, 0.25) is 0 Å². The molecule has 0 radical (unpaired) electrons. The minimum Gasteiger partial charge on any atom is -0.361 e. The zero-order valence-corrected chi connectivity index (χ0v) is 13.4. The second kappa shape index (κ2) is 5.79. The highest BCUT2D eigenvalue weighted by Crippen LogP contribution is 2.29. The first-order chi connectivity index (χ1) is 12.1. The van der Waals surface area contributed by atoms with Gasteiger partial charge in [-0.15, -0.1) is 0 Å². The molecule has 1 aromatic carbocycles. The first-order valence-electron chi connectivity index (χ1n) is 7.74. The Kier molecular flexibility index (Phi) is 3.46. The first-order valence-corrected chi connectivity index (χ1v) is 7.74. The van der Waals surface area contributed by atoms with E-state index in [1.165, 1.54) is 0 Å². The van der Waals surface area contributed by atoms with Gasteiger partial charge in [-0.05, 0) is 43.3 Å². The maximum Gasteiger partial charge on any atom is 0.264 e. The van der Waals surface area contributed by atoms with Crippen molar-refractivity contribution in [2.24, 2.45) is 0 Å². The summed E-state index contributed by atoms with van der Waals surface area (Å²) < 4.78 is 1.72. The lowest BCUT2D eigenvalue weighted by atomic mass is 10.2. The molecular formula is C18H15N5O2. The first kappa shape index (κ1) is 14.9. The molecule has 0 bridgehead atoms. The van der Waals surface area contributed by atoms with Crippen LogP contribution in [0.4, 0.5) is 11.4 Å². The van der Waals surface area contributed by atoms with Crippen LogP contribution in [0.1, 0.15) is 11.4 Å². The predicted octanol–water partition coefficient (Wildman–Crippen LogP) is 2.27. The SMILES string of the molecule is Cc1cc(=O)[nH]n1-c1ccc(N/C=C2/C(=O)Nc3cccnc32)cc1. The number of amides is 1. The summed E-state index contributed by atoms with van der Waals surface area (Å²) in [5.74, 6) is -0.182. The standard InChI is InChI=1S/C18H15N5O2/c1-11-9-16(24)22-23(11)13-6-4-12(5-7-13)20-10-14-17-15(21-18(14)25)3-2-8-19-17/h2-10,20H,1H3,(H,21,25)(H,22,24)/b14-10+. The Morgan fingerprint density at radius 1 is 1.16 bits per heavy atom. The molecule has 0 spiro atoms. The van der Waals surface area contributed by atoms with Crippen molar-refractivity contribution in [2.75, 3.05) is 10.6 Å². The van der Waals surface area contributed by atoms with Gasteiger partial charge in [-0.2, -0.15) is 0 Å². The highest BCUT2D eigenvalue weighted by molar-refractivity contribution is 6.31. The molecular weight excluding hydrogens is 318 g/mol. The summed E-state index contributed by atoms with van der Waals surface area (Å²) in [6.07, 6.45) is 3.30. The van der Waals surface area contributed by atoms with Crippen LogP contribution >= 0.6 is 0 Å². The Morgan fingerprint density at radius 2 is 1.96 bits per heavy atom. The van der Waals surface area contributed by atoms with E-state index in [9.17, 15) is 9.59 Å². The van der Waals surface area contributed by atoms with Crippen LogP contribution in [0, 0.1) is 6.92 Å². The quantitative estimate of drug-likeness (QED) is 0.641. The van der Waals surface area contributed by atoms with E-state index in [1.807, 2.05) is 37.3 Å². The van der Waals surface area contributed by atoms with Crippen molar-refractivity contribution in [3.05, 3.63) is 76.6 Å². The van der Waals surface area contributed by atoms with Gasteiger partial charge in [0.25, 0.3) is 11.5 Å². The van der Waals surface area contributed by atoms with Crippen LogP contribution in [0.5, 0.6) is 0 Å². The molecule has 7 nitrogen and oxygen atoms in total. The molecule has 3 N–H and O–H groups in total. The van der Waals surface area contributed by atoms with Crippen LogP contribution in [-0.4, -0.2) is 20.7 Å². The number of benzene rings is 1. The van der Waals surface area contributed by atoms with Gasteiger partial charge < -0.3 is 10.6 Å². The highest BCUT2D eigenvalue weighted by Gasteiger charge is 2.24. The van der Waals surface area contributed by atoms with E-state index in [-0.39, 0.29) is 11.5 Å². The van der Waals surface area contributed by atoms with Crippen molar-refractivity contribution >= 4 is 22.9 Å². The van der Waals surface area contributed by atoms with Crippen LogP contribution < -0.4 is 16.2 Å². The summed E-state index contributed by atoms with van der Waals surface area (Å²) in [6, 6.07) is 12.6. The summed E-state index contributed by atoms with van der Waals surface area (Å²) in [5.41, 5.74) is 4.20. The van der Waals surface area contributed by atoms with Crippen molar-refractivity contribution in [1.82, 2.24) is 14.8 Å². The van der Waals surface area contributed by atoms with E-state index < -0.39 is 0 Å². The Morgan fingerprint density at radius 3 is 2.68 bits per heavy atom. The fourth-order valence-electron chi connectivity index (χ4n) is 2.77. The number of hydrogen-bond acceptors (Lipinski definition) is 4. The van der Waals surface area contributed by atoms with Gasteiger partial charge in [0.15, 0.2) is 0 Å². The van der Waals surface area contributed by atoms with Gasteiger partial charge in [-0.3, -0.25) is 24.4 Å². The molecule has 7 heteroatoms. The number of anilines is 2. The number of aryl methyl sites for hydroxylation is 1. The smallest absolute Gasteiger partial charge is 0.264 e. The predicted molar refractivity (Wildman–Crippen MR) is 95.6 cm³/mol. The maximum absolute atomic E-state index is 12.0. The maximum atomic E-state index is 12.0. The summed E-state index contributed by atoms with van der Waals surface area (Å²) in [5, 5.41) is 8.63. The second-order valence-electron chi connectivity index (χ2n) is 5.70. The van der Waals surface area contributed by atoms with Gasteiger partial charge in [-0.25, -0.2) is 0 Å². The number of nitrogens with zero attached hydrogens (tertiary/aromatic N) is 2. The number of H-pyrrole nitrogens is 1. The Bertz CT molecular complexity index is 1040. The molecule has 1 aliphatic rings. The van der Waals surface area contributed by atoms with Gasteiger partial charge in [-0.1, -0.05) is 0 Å². The van der Waals surface area contributed by atoms with E-state index in [0.29, 0.717) is 17.0 Å². The zero-order chi connectivity index (χ0) is 17.4. The zero-order valence-electron chi connectivity index (χ0n) is 13.4. The van der Waals surface area contributed by atoms with E-state index in [1.54, 1.807) is 29.2 Å². The molecule has 0 saturated carbocycles. The summed E-state index contributed by atoms with van der Waals surface area (Å²) in [7, 11) is 0. The van der Waals surface area contributed by atoms with Crippen LogP contribution in [-0.2, 0) is 4.79 Å². The lowest BCUT2D eigenvalue weighted by molar-refractivity contribution is -0.110. The third kappa shape index (κ3) is 2.72. The molecule has 0 unspecified atom stereocenters. The van der Waals surface area contributed by atoms with Crippen LogP contribution in [0.25, 0.3) is 11.3 Å². The summed E-state index contributed by atoms with van der Waals surface area (Å²) in [4.78, 5) is 27.7. The number of carbonyl (C=O) groups is 1. The lowest BCUT2D eigenvalue weighted by Gasteiger charge is -2.07. The Hall–Kier alpha value is -3.61. The van der Waals surface area contributed by atoms with E-state index in [0.717, 1.165) is 17.1 Å². The van der Waals surface area contributed by atoms with Crippen molar-refractivity contribution in [3.63, 3.8) is 0 Å². The van der Waals surface area contributed by atoms with E-state index in [2.05, 4.69) is 20.7 Å². The van der Waals surface area contributed by atoms with Crippen LogP contribution in [0.2, 0.25) is 0 Å². The van der Waals surface area contributed by atoms with Gasteiger partial charge in [0.05, 0.1) is 16.9 Å². The molecule has 124 valence electrons. The normalized spacial score (nSPS) is 14.4. The third-order valence-electron chi connectivity index (χ3n) is 3.98. The molecule has 2 aromatic heterocycles. The molecule has 4 rings (SSSR count). The number of rotatable bonds is 3. The number of hydrogen-bond donors (Lipinski definition) is 3. The minimum atomic E-state index is -0.182. The van der Waals surface area contributed by atoms with Gasteiger partial charge in [0, 0.05) is 29.8 Å². The molecule has 0 aliphatic carbocycles. The molecule has 0 fully saturated rings. The number of nitrogens with one attached hydrogen (secondary N) is 3. The van der Waals surface area contributed by atoms with Crippen LogP contribution in [0.15, 0.2) is 59.7 Å². The van der Waals surface area contributed by atoms with E-state index in [4.69, 9.17) is 0 Å². The third-order valence-corrected chi connectivity index (χ3v) is 3.98. The molecule has 3 aromatic rings. The van der Waals surface area contributed by atoms with Gasteiger partial charge in [0.1, 0.15) is 5.69 Å². The highest BCUT2D eigenvalue weighted by atomic mass is 16.2. The average Bonchev–Trinajstić information content (AvgIpc) is 3.11. The second-order valence-corrected chi connectivity index (χ2v) is 5.70. The van der Waals surface area contributed by atoms with E-state index >= 15 is 0 Å². The minimum absolute atomic E-state index is 0.136. The molecule has 25 heavy (non-hydrogen) atoms. The van der Waals surface area contributed by atoms with Crippen molar-refractivity contribution in [2.45, 2.75) is 6.92 Å². The molecule has 1 amide bonds. The molecule has 3 heterocycles. The van der Waals surface area contributed by atoms with Gasteiger partial charge >= 0.3 is 0 Å². The largest absolute Gasteiger partial charge is 0.361 e. The number of aromatic nitrogens is 3. The molecule has 0 atom stereocenters. The Balaban J connectivity index is 1.57. The number of carbonyl (C=O) groups excluding carboxylic acids is 1. The average molecular weight is 333 g/mol. The fourth-order valence-corrected chi connectivity index (χ4v) is 2.77. The number of pyridine rings is 1. The van der Waals surface area contributed by atoms with Crippen molar-refractivity contribution in [1.29, 1.82) is 0 Å². The summed E-state index contributed by atoms with van der Waals surface area (Å²) in [6.45, 7) is 1.86. The molecule has 0 saturated heterocycles. The topological polar surface area (TPSA) is 91.8 Å². The fraction of sp³-hybridized carbons (Fsp3) is 0.0556. The van der Waals surface area contributed by atoms with Crippen molar-refractivity contribution < 1.29 is 4.79 Å². The van der Waals surface area contributed by atoms with Crippen LogP contribution in [0.3, 0.4) is 0 Å². The lowest BCUT2D eigenvalue weighted by Crippen LogP contribution is -2.05. The van der Waals surface area contributed by atoms with Crippen molar-refractivity contribution in [3.8, 4) is 5.69 Å². The number of fused-ring (bicyclic) bond motifs is 1.